The lowest BCUT2D eigenvalue weighted by molar-refractivity contribution is -0.142. The zero-order valence-corrected chi connectivity index (χ0v) is 18.0. The Morgan fingerprint density at radius 1 is 1.12 bits per heavy atom. The predicted octanol–water partition coefficient (Wildman–Crippen LogP) is 2.28. The van der Waals surface area contributed by atoms with E-state index in [4.69, 9.17) is 37.5 Å². The number of nitrogens with two attached hydrogens (primary N) is 1. The summed E-state index contributed by atoms with van der Waals surface area (Å²) in [6.45, 7) is -0.0870. The molecule has 3 rings (SSSR count). The highest BCUT2D eigenvalue weighted by atomic mass is 16.5. The van der Waals surface area contributed by atoms with Crippen LogP contribution in [-0.2, 0) is 30.4 Å². The van der Waals surface area contributed by atoms with Gasteiger partial charge in [0.25, 0.3) is 0 Å². The molecular formula is C25H22N2O6. The Morgan fingerprint density at radius 2 is 1.85 bits per heavy atom. The summed E-state index contributed by atoms with van der Waals surface area (Å²) in [6, 6.07) is 9.11. The Balaban J connectivity index is 2.04. The first-order chi connectivity index (χ1) is 16.0. The fraction of sp³-hybridized carbons (Fsp3) is 0.240. The van der Waals surface area contributed by atoms with E-state index in [9.17, 15) is 9.59 Å². The molecule has 0 saturated carbocycles. The molecular weight excluding hydrogens is 424 g/mol. The van der Waals surface area contributed by atoms with Gasteiger partial charge in [-0.1, -0.05) is 17.9 Å². The molecule has 1 atom stereocenters. The highest BCUT2D eigenvalue weighted by Gasteiger charge is 2.36. The number of fused-ring (bicyclic) bond motifs is 1. The molecule has 0 aliphatic carbocycles. The molecule has 1 aliphatic rings. The summed E-state index contributed by atoms with van der Waals surface area (Å²) >= 11 is 0. The third-order valence-corrected chi connectivity index (χ3v) is 4.85. The van der Waals surface area contributed by atoms with Gasteiger partial charge in [-0.15, -0.1) is 12.8 Å². The molecule has 33 heavy (non-hydrogen) atoms. The van der Waals surface area contributed by atoms with E-state index in [2.05, 4.69) is 16.8 Å². The molecule has 0 bridgehead atoms. The summed E-state index contributed by atoms with van der Waals surface area (Å²) in [4.78, 5) is 29.4. The fourth-order valence-corrected chi connectivity index (χ4v) is 3.47. The molecule has 2 heterocycles. The lowest BCUT2D eigenvalue weighted by atomic mass is 9.84. The summed E-state index contributed by atoms with van der Waals surface area (Å²) in [5.41, 5.74) is 9.02. The number of carbonyl (C=O) groups is 2. The number of benzene rings is 1. The zero-order chi connectivity index (χ0) is 23.8. The highest BCUT2D eigenvalue weighted by molar-refractivity contribution is 5.93. The number of hydrogen-bond donors (Lipinski definition) is 1. The van der Waals surface area contributed by atoms with Gasteiger partial charge in [-0.25, -0.2) is 4.79 Å². The van der Waals surface area contributed by atoms with Crippen LogP contribution in [0.1, 0.15) is 23.6 Å². The van der Waals surface area contributed by atoms with Crippen LogP contribution in [0.3, 0.4) is 0 Å². The van der Waals surface area contributed by atoms with Gasteiger partial charge in [-0.3, -0.25) is 9.78 Å². The SMILES string of the molecule is C#CCOC(=O)CC1C(C(=O)OCC#C)=C(N)Oc2ccc(-c3ccnc(COC)c3)cc21. The zero-order valence-electron chi connectivity index (χ0n) is 18.0. The number of nitrogens with zero attached hydrogens (tertiary/aromatic N) is 1. The maximum atomic E-state index is 12.7. The van der Waals surface area contributed by atoms with Gasteiger partial charge < -0.3 is 24.7 Å². The molecule has 0 fully saturated rings. The Hall–Kier alpha value is -4.27. The van der Waals surface area contributed by atoms with Gasteiger partial charge in [0.05, 0.1) is 18.7 Å². The topological polar surface area (TPSA) is 110 Å². The van der Waals surface area contributed by atoms with Crippen LogP contribution in [0, 0.1) is 24.7 Å². The van der Waals surface area contributed by atoms with Gasteiger partial charge in [0.2, 0.25) is 5.88 Å². The highest BCUT2D eigenvalue weighted by Crippen LogP contribution is 2.42. The van der Waals surface area contributed by atoms with Crippen molar-refractivity contribution in [1.29, 1.82) is 0 Å². The van der Waals surface area contributed by atoms with E-state index >= 15 is 0 Å². The Kier molecular flexibility index (Phi) is 7.69. The minimum absolute atomic E-state index is 0.0117. The molecule has 0 amide bonds. The fourth-order valence-electron chi connectivity index (χ4n) is 3.47. The quantitative estimate of drug-likeness (QED) is 0.486. The molecule has 1 unspecified atom stereocenters. The third kappa shape index (κ3) is 5.51. The molecule has 2 aromatic rings. The second-order valence-electron chi connectivity index (χ2n) is 7.00. The first-order valence-corrected chi connectivity index (χ1v) is 9.93. The van der Waals surface area contributed by atoms with Crippen LogP contribution in [0.2, 0.25) is 0 Å². The van der Waals surface area contributed by atoms with Crippen LogP contribution in [-0.4, -0.2) is 37.2 Å². The molecule has 8 nitrogen and oxygen atoms in total. The van der Waals surface area contributed by atoms with E-state index in [1.54, 1.807) is 19.4 Å². The van der Waals surface area contributed by atoms with Crippen LogP contribution >= 0.6 is 0 Å². The number of pyridine rings is 1. The Bertz CT molecular complexity index is 1170. The second-order valence-corrected chi connectivity index (χ2v) is 7.00. The molecule has 1 aliphatic heterocycles. The van der Waals surface area contributed by atoms with Gasteiger partial charge in [-0.2, -0.15) is 0 Å². The van der Waals surface area contributed by atoms with Crippen molar-refractivity contribution in [2.75, 3.05) is 20.3 Å². The van der Waals surface area contributed by atoms with E-state index in [-0.39, 0.29) is 31.1 Å². The number of esters is 2. The Labute approximate surface area is 191 Å². The maximum Gasteiger partial charge on any atom is 0.341 e. The number of terminal acetylenes is 2. The van der Waals surface area contributed by atoms with E-state index < -0.39 is 17.9 Å². The van der Waals surface area contributed by atoms with Crippen molar-refractivity contribution in [3.8, 4) is 41.6 Å². The minimum atomic E-state index is -0.787. The smallest absolute Gasteiger partial charge is 0.341 e. The van der Waals surface area contributed by atoms with Gasteiger partial charge in [0, 0.05) is 24.8 Å². The lowest BCUT2D eigenvalue weighted by Crippen LogP contribution is -2.28. The van der Waals surface area contributed by atoms with E-state index in [1.165, 1.54) is 0 Å². The average molecular weight is 446 g/mol. The third-order valence-electron chi connectivity index (χ3n) is 4.85. The molecule has 168 valence electrons. The predicted molar refractivity (Wildman–Crippen MR) is 119 cm³/mol. The maximum absolute atomic E-state index is 12.7. The molecule has 0 spiro atoms. The number of rotatable bonds is 8. The molecule has 8 heteroatoms. The van der Waals surface area contributed by atoms with Crippen LogP contribution in [0.4, 0.5) is 0 Å². The van der Waals surface area contributed by atoms with Gasteiger partial charge in [0.15, 0.2) is 13.2 Å². The minimum Gasteiger partial charge on any atom is -0.452 e. The molecule has 2 N–H and O–H groups in total. The van der Waals surface area contributed by atoms with E-state index in [1.807, 2.05) is 24.3 Å². The van der Waals surface area contributed by atoms with Crippen LogP contribution in [0.5, 0.6) is 5.75 Å². The number of hydrogen-bond acceptors (Lipinski definition) is 8. The van der Waals surface area contributed by atoms with Crippen molar-refractivity contribution in [2.45, 2.75) is 18.9 Å². The van der Waals surface area contributed by atoms with Crippen molar-refractivity contribution in [2.24, 2.45) is 5.73 Å². The monoisotopic (exact) mass is 446 g/mol. The first-order valence-electron chi connectivity index (χ1n) is 9.93. The van der Waals surface area contributed by atoms with Crippen LogP contribution < -0.4 is 10.5 Å². The first kappa shape index (κ1) is 23.4. The summed E-state index contributed by atoms with van der Waals surface area (Å²) in [6.07, 6.45) is 11.8. The molecule has 1 aromatic carbocycles. The van der Waals surface area contributed by atoms with Gasteiger partial charge in [0.1, 0.15) is 11.3 Å². The Morgan fingerprint density at radius 3 is 2.58 bits per heavy atom. The average Bonchev–Trinajstić information content (AvgIpc) is 2.81. The number of ether oxygens (including phenoxy) is 4. The number of carbonyl (C=O) groups excluding carboxylic acids is 2. The summed E-state index contributed by atoms with van der Waals surface area (Å²) in [5, 5.41) is 0. The summed E-state index contributed by atoms with van der Waals surface area (Å²) in [7, 11) is 1.59. The van der Waals surface area contributed by atoms with Crippen LogP contribution in [0.25, 0.3) is 11.1 Å². The summed E-state index contributed by atoms with van der Waals surface area (Å²) in [5.74, 6) is 2.54. The van der Waals surface area contributed by atoms with Crippen molar-refractivity contribution in [3.63, 3.8) is 0 Å². The molecule has 1 aromatic heterocycles. The normalized spacial score (nSPS) is 14.3. The largest absolute Gasteiger partial charge is 0.452 e. The summed E-state index contributed by atoms with van der Waals surface area (Å²) < 4.78 is 20.9. The molecule has 0 radical (unpaired) electrons. The number of methoxy groups -OCH3 is 1. The van der Waals surface area contributed by atoms with E-state index in [0.717, 1.165) is 16.8 Å². The standard InChI is InChI=1S/C25H22N2O6/c1-4-10-31-22(28)14-20-19-13-16(17-8-9-27-18(12-17)15-30-3)6-7-21(19)33-24(26)23(20)25(29)32-11-5-2/h1-2,6-9,12-13,20H,10-11,14-15,26H2,3H3. The lowest BCUT2D eigenvalue weighted by Gasteiger charge is -2.28. The van der Waals surface area contributed by atoms with Crippen LogP contribution in [0.15, 0.2) is 48.0 Å². The van der Waals surface area contributed by atoms with Crippen molar-refractivity contribution in [1.82, 2.24) is 4.98 Å². The van der Waals surface area contributed by atoms with Crippen molar-refractivity contribution < 1.29 is 28.5 Å². The second kappa shape index (κ2) is 10.9. The van der Waals surface area contributed by atoms with Crippen molar-refractivity contribution in [3.05, 3.63) is 59.2 Å². The van der Waals surface area contributed by atoms with Gasteiger partial charge in [-0.05, 0) is 35.4 Å². The van der Waals surface area contributed by atoms with E-state index in [0.29, 0.717) is 17.9 Å². The number of aromatic nitrogens is 1. The molecule has 0 saturated heterocycles. The van der Waals surface area contributed by atoms with Crippen molar-refractivity contribution >= 4 is 11.9 Å². The van der Waals surface area contributed by atoms with Gasteiger partial charge >= 0.3 is 11.9 Å².